The number of para-hydroxylation sites is 1. The van der Waals surface area contributed by atoms with Crippen LogP contribution in [0.3, 0.4) is 0 Å². The van der Waals surface area contributed by atoms with E-state index in [1.54, 1.807) is 0 Å². The van der Waals surface area contributed by atoms with Crippen molar-refractivity contribution in [2.45, 2.75) is 26.3 Å². The Morgan fingerprint density at radius 2 is 1.79 bits per heavy atom. The van der Waals surface area contributed by atoms with Crippen LogP contribution in [0.4, 0.5) is 5.69 Å². The fraction of sp³-hybridized carbons (Fsp3) is 0.467. The molecule has 1 N–H and O–H groups in total. The van der Waals surface area contributed by atoms with Crippen molar-refractivity contribution in [2.24, 2.45) is 0 Å². The summed E-state index contributed by atoms with van der Waals surface area (Å²) in [5, 5.41) is 21.2. The normalized spacial score (nSPS) is 11.4. The van der Waals surface area contributed by atoms with Gasteiger partial charge in [-0.2, -0.15) is 10.5 Å². The summed E-state index contributed by atoms with van der Waals surface area (Å²) in [7, 11) is 0. The van der Waals surface area contributed by atoms with Crippen LogP contribution in [-0.2, 0) is 0 Å². The third-order valence-electron chi connectivity index (χ3n) is 3.03. The number of benzene rings is 1. The monoisotopic (exact) mass is 256 g/mol. The zero-order valence-electron chi connectivity index (χ0n) is 11.6. The summed E-state index contributed by atoms with van der Waals surface area (Å²) in [6.45, 7) is 5.56. The molecular formula is C15H20N4. The van der Waals surface area contributed by atoms with Gasteiger partial charge < -0.3 is 10.2 Å². The lowest BCUT2D eigenvalue weighted by Gasteiger charge is -2.26. The Morgan fingerprint density at radius 3 is 2.32 bits per heavy atom. The zero-order valence-corrected chi connectivity index (χ0v) is 11.6. The van der Waals surface area contributed by atoms with Crippen LogP contribution >= 0.6 is 0 Å². The van der Waals surface area contributed by atoms with Gasteiger partial charge in [0.15, 0.2) is 0 Å². The molecule has 0 aromatic heterocycles. The second-order valence-corrected chi connectivity index (χ2v) is 4.25. The van der Waals surface area contributed by atoms with Crippen molar-refractivity contribution in [2.75, 3.05) is 24.5 Å². The molecule has 0 radical (unpaired) electrons. The third kappa shape index (κ3) is 3.98. The molecule has 0 saturated heterocycles. The summed E-state index contributed by atoms with van der Waals surface area (Å²) in [5.41, 5.74) is 2.12. The Morgan fingerprint density at radius 1 is 1.16 bits per heavy atom. The van der Waals surface area contributed by atoms with Crippen molar-refractivity contribution in [1.29, 1.82) is 10.5 Å². The lowest BCUT2D eigenvalue weighted by Crippen LogP contribution is -2.28. The van der Waals surface area contributed by atoms with Gasteiger partial charge in [0.1, 0.15) is 13.1 Å². The topological polar surface area (TPSA) is 62.9 Å². The standard InChI is InChI=1S/C15H20N4/c1-3-14(18-4-2)13-7-5-6-8-15(13)19(11-9-16)12-10-17/h5-8,14,18H,3-4,11-12H2,1-2H3. The zero-order chi connectivity index (χ0) is 14.1. The van der Waals surface area contributed by atoms with Crippen LogP contribution in [0.1, 0.15) is 31.9 Å². The van der Waals surface area contributed by atoms with Crippen molar-refractivity contribution in [3.8, 4) is 12.1 Å². The highest BCUT2D eigenvalue weighted by Crippen LogP contribution is 2.28. The number of nitrogens with one attached hydrogen (secondary N) is 1. The fourth-order valence-corrected chi connectivity index (χ4v) is 2.19. The van der Waals surface area contributed by atoms with E-state index in [4.69, 9.17) is 10.5 Å². The molecule has 1 atom stereocenters. The third-order valence-corrected chi connectivity index (χ3v) is 3.03. The number of hydrogen-bond acceptors (Lipinski definition) is 4. The van der Waals surface area contributed by atoms with Crippen molar-refractivity contribution in [1.82, 2.24) is 5.32 Å². The van der Waals surface area contributed by atoms with Gasteiger partial charge in [0.05, 0.1) is 12.1 Å². The molecule has 0 heterocycles. The molecule has 1 rings (SSSR count). The fourth-order valence-electron chi connectivity index (χ4n) is 2.19. The maximum atomic E-state index is 8.90. The summed E-state index contributed by atoms with van der Waals surface area (Å²) in [4.78, 5) is 1.81. The molecule has 4 heteroatoms. The molecule has 1 aromatic rings. The molecule has 0 aliphatic carbocycles. The van der Waals surface area contributed by atoms with Crippen molar-refractivity contribution >= 4 is 5.69 Å². The number of nitriles is 2. The second-order valence-electron chi connectivity index (χ2n) is 4.25. The highest BCUT2D eigenvalue weighted by Gasteiger charge is 2.16. The summed E-state index contributed by atoms with van der Waals surface area (Å²) in [6.07, 6.45) is 0.970. The first-order valence-electron chi connectivity index (χ1n) is 6.59. The molecule has 1 unspecified atom stereocenters. The van der Waals surface area contributed by atoms with E-state index in [0.29, 0.717) is 0 Å². The van der Waals surface area contributed by atoms with Crippen LogP contribution in [0.2, 0.25) is 0 Å². The summed E-state index contributed by atoms with van der Waals surface area (Å²) in [5.74, 6) is 0. The van der Waals surface area contributed by atoms with E-state index in [9.17, 15) is 0 Å². The molecule has 19 heavy (non-hydrogen) atoms. The van der Waals surface area contributed by atoms with Gasteiger partial charge in [-0.1, -0.05) is 32.0 Å². The first-order valence-corrected chi connectivity index (χ1v) is 6.59. The van der Waals surface area contributed by atoms with Crippen LogP contribution in [0.15, 0.2) is 24.3 Å². The minimum Gasteiger partial charge on any atom is -0.345 e. The Labute approximate surface area is 115 Å². The van der Waals surface area contributed by atoms with Gasteiger partial charge in [0.2, 0.25) is 0 Å². The van der Waals surface area contributed by atoms with Gasteiger partial charge in [-0.25, -0.2) is 0 Å². The molecular weight excluding hydrogens is 236 g/mol. The predicted octanol–water partition coefficient (Wildman–Crippen LogP) is 2.60. The van der Waals surface area contributed by atoms with E-state index in [1.807, 2.05) is 23.1 Å². The highest BCUT2D eigenvalue weighted by atomic mass is 15.1. The maximum Gasteiger partial charge on any atom is 0.106 e. The summed E-state index contributed by atoms with van der Waals surface area (Å²) < 4.78 is 0. The molecule has 0 aliphatic heterocycles. The molecule has 0 saturated carbocycles. The van der Waals surface area contributed by atoms with E-state index >= 15 is 0 Å². The highest BCUT2D eigenvalue weighted by molar-refractivity contribution is 5.56. The van der Waals surface area contributed by atoms with Gasteiger partial charge in [-0.3, -0.25) is 0 Å². The van der Waals surface area contributed by atoms with E-state index < -0.39 is 0 Å². The second kappa shape index (κ2) is 8.13. The van der Waals surface area contributed by atoms with Crippen LogP contribution in [-0.4, -0.2) is 19.6 Å². The largest absolute Gasteiger partial charge is 0.345 e. The Kier molecular flexibility index (Phi) is 6.43. The quantitative estimate of drug-likeness (QED) is 0.762. The van der Waals surface area contributed by atoms with Gasteiger partial charge in [0, 0.05) is 11.7 Å². The molecule has 0 aliphatic rings. The number of anilines is 1. The first kappa shape index (κ1) is 15.0. The lowest BCUT2D eigenvalue weighted by atomic mass is 10.0. The minimum absolute atomic E-state index is 0.229. The van der Waals surface area contributed by atoms with Gasteiger partial charge >= 0.3 is 0 Å². The smallest absolute Gasteiger partial charge is 0.106 e. The van der Waals surface area contributed by atoms with Gasteiger partial charge in [0.25, 0.3) is 0 Å². The summed E-state index contributed by atoms with van der Waals surface area (Å²) in [6, 6.07) is 12.5. The molecule has 100 valence electrons. The summed E-state index contributed by atoms with van der Waals surface area (Å²) >= 11 is 0. The Balaban J connectivity index is 3.12. The number of hydrogen-bond donors (Lipinski definition) is 1. The molecule has 1 aromatic carbocycles. The Bertz CT molecular complexity index is 454. The minimum atomic E-state index is 0.229. The SMILES string of the molecule is CCNC(CC)c1ccccc1N(CC#N)CC#N. The van der Waals surface area contributed by atoms with E-state index in [1.165, 1.54) is 0 Å². The van der Waals surface area contributed by atoms with Gasteiger partial charge in [-0.15, -0.1) is 0 Å². The molecule has 0 fully saturated rings. The average Bonchev–Trinajstić information content (AvgIpc) is 2.44. The molecule has 4 nitrogen and oxygen atoms in total. The van der Waals surface area contributed by atoms with E-state index in [0.717, 1.165) is 24.2 Å². The number of nitrogens with zero attached hydrogens (tertiary/aromatic N) is 3. The number of rotatable bonds is 7. The Hall–Kier alpha value is -2.04. The van der Waals surface area contributed by atoms with E-state index in [-0.39, 0.29) is 19.1 Å². The predicted molar refractivity (Wildman–Crippen MR) is 76.6 cm³/mol. The lowest BCUT2D eigenvalue weighted by molar-refractivity contribution is 0.537. The van der Waals surface area contributed by atoms with Crippen LogP contribution in [0.5, 0.6) is 0 Å². The van der Waals surface area contributed by atoms with Crippen molar-refractivity contribution < 1.29 is 0 Å². The van der Waals surface area contributed by atoms with Gasteiger partial charge in [-0.05, 0) is 24.6 Å². The molecule has 0 bridgehead atoms. The van der Waals surface area contributed by atoms with Crippen LogP contribution in [0.25, 0.3) is 0 Å². The van der Waals surface area contributed by atoms with Crippen molar-refractivity contribution in [3.63, 3.8) is 0 Å². The molecule has 0 spiro atoms. The van der Waals surface area contributed by atoms with Crippen LogP contribution < -0.4 is 10.2 Å². The molecule has 0 amide bonds. The maximum absolute atomic E-state index is 8.90. The van der Waals surface area contributed by atoms with E-state index in [2.05, 4.69) is 37.4 Å². The van der Waals surface area contributed by atoms with Crippen LogP contribution in [0, 0.1) is 22.7 Å². The first-order chi connectivity index (χ1) is 9.28. The van der Waals surface area contributed by atoms with Crippen molar-refractivity contribution in [3.05, 3.63) is 29.8 Å². The average molecular weight is 256 g/mol.